The smallest absolute Gasteiger partial charge is 0.277 e. The fourth-order valence-corrected chi connectivity index (χ4v) is 3.16. The molecule has 1 heterocycles. The lowest BCUT2D eigenvalue weighted by molar-refractivity contribution is -0.679. The number of hydrogen-bond donors (Lipinski definition) is 2. The second kappa shape index (κ2) is 9.91. The summed E-state index contributed by atoms with van der Waals surface area (Å²) in [6.45, 7) is 0.116. The highest BCUT2D eigenvalue weighted by Crippen LogP contribution is 2.20. The number of benzene rings is 2. The SMILES string of the molecule is CN(CC(=O)Nc1ccccc1Cl)C(=O)C[NH2+][C@@H](c1ccccc1)c1ccco1. The molecule has 3 aromatic rings. The summed E-state index contributed by atoms with van der Waals surface area (Å²) in [7, 11) is 1.60. The lowest BCUT2D eigenvalue weighted by atomic mass is 10.0. The summed E-state index contributed by atoms with van der Waals surface area (Å²) >= 11 is 6.05. The first-order chi connectivity index (χ1) is 14.0. The molecule has 0 bridgehead atoms. The van der Waals surface area contributed by atoms with E-state index >= 15 is 0 Å². The maximum absolute atomic E-state index is 12.6. The molecule has 2 aromatic carbocycles. The van der Waals surface area contributed by atoms with Gasteiger partial charge in [0, 0.05) is 12.6 Å². The third-order valence-corrected chi connectivity index (χ3v) is 4.82. The van der Waals surface area contributed by atoms with Crippen molar-refractivity contribution in [1.82, 2.24) is 4.90 Å². The number of nitrogens with two attached hydrogens (primary N) is 1. The van der Waals surface area contributed by atoms with E-state index in [0.717, 1.165) is 11.3 Å². The van der Waals surface area contributed by atoms with Crippen LogP contribution in [-0.4, -0.2) is 36.9 Å². The molecule has 0 unspecified atom stereocenters. The number of halogens is 1. The van der Waals surface area contributed by atoms with Crippen molar-refractivity contribution in [2.45, 2.75) is 6.04 Å². The van der Waals surface area contributed by atoms with Gasteiger partial charge < -0.3 is 20.0 Å². The van der Waals surface area contributed by atoms with E-state index in [0.29, 0.717) is 10.7 Å². The topological polar surface area (TPSA) is 79.2 Å². The van der Waals surface area contributed by atoms with Crippen LogP contribution in [0.3, 0.4) is 0 Å². The second-order valence-corrected chi connectivity index (χ2v) is 7.03. The molecule has 0 radical (unpaired) electrons. The van der Waals surface area contributed by atoms with Crippen molar-refractivity contribution in [3.63, 3.8) is 0 Å². The highest BCUT2D eigenvalue weighted by molar-refractivity contribution is 6.33. The molecule has 0 aliphatic carbocycles. The Labute approximate surface area is 174 Å². The van der Waals surface area contributed by atoms with Gasteiger partial charge in [0.1, 0.15) is 0 Å². The summed E-state index contributed by atoms with van der Waals surface area (Å²) in [5.74, 6) is 0.300. The summed E-state index contributed by atoms with van der Waals surface area (Å²) in [6, 6.07) is 20.4. The normalized spacial score (nSPS) is 11.7. The van der Waals surface area contributed by atoms with Gasteiger partial charge in [0.2, 0.25) is 5.91 Å². The molecule has 3 rings (SSSR count). The van der Waals surface area contributed by atoms with Gasteiger partial charge in [-0.3, -0.25) is 9.59 Å². The molecule has 0 saturated heterocycles. The first kappa shape index (κ1) is 20.6. The lowest BCUT2D eigenvalue weighted by Crippen LogP contribution is -2.87. The van der Waals surface area contributed by atoms with E-state index in [-0.39, 0.29) is 30.9 Å². The molecule has 1 atom stereocenters. The molecule has 150 valence electrons. The number of likely N-dealkylation sites (N-methyl/N-ethyl adjacent to an activating group) is 1. The summed E-state index contributed by atoms with van der Waals surface area (Å²) in [4.78, 5) is 26.2. The molecule has 2 amide bonds. The average Bonchev–Trinajstić information content (AvgIpc) is 3.25. The Bertz CT molecular complexity index is 945. The van der Waals surface area contributed by atoms with Crippen molar-refractivity contribution in [2.75, 3.05) is 25.5 Å². The van der Waals surface area contributed by atoms with E-state index in [2.05, 4.69) is 5.32 Å². The number of carbonyl (C=O) groups excluding carboxylic acids is 2. The number of anilines is 1. The summed E-state index contributed by atoms with van der Waals surface area (Å²) < 4.78 is 5.55. The van der Waals surface area contributed by atoms with Gasteiger partial charge in [-0.15, -0.1) is 0 Å². The third kappa shape index (κ3) is 5.70. The average molecular weight is 413 g/mol. The van der Waals surface area contributed by atoms with Gasteiger partial charge in [-0.25, -0.2) is 0 Å². The molecule has 0 aliphatic rings. The van der Waals surface area contributed by atoms with Crippen molar-refractivity contribution in [3.05, 3.63) is 89.3 Å². The molecule has 0 fully saturated rings. The van der Waals surface area contributed by atoms with Crippen molar-refractivity contribution in [1.29, 1.82) is 0 Å². The predicted molar refractivity (Wildman–Crippen MR) is 112 cm³/mol. The van der Waals surface area contributed by atoms with Crippen molar-refractivity contribution >= 4 is 29.1 Å². The summed E-state index contributed by atoms with van der Waals surface area (Å²) in [5.41, 5.74) is 1.56. The quantitative estimate of drug-likeness (QED) is 0.597. The maximum Gasteiger partial charge on any atom is 0.277 e. The highest BCUT2D eigenvalue weighted by Gasteiger charge is 2.23. The van der Waals surface area contributed by atoms with Crippen molar-refractivity contribution < 1.29 is 19.3 Å². The second-order valence-electron chi connectivity index (χ2n) is 6.62. The number of quaternary nitrogens is 1. The minimum Gasteiger partial charge on any atom is -0.463 e. The third-order valence-electron chi connectivity index (χ3n) is 4.49. The predicted octanol–water partition coefficient (Wildman–Crippen LogP) is 2.68. The van der Waals surface area contributed by atoms with Gasteiger partial charge in [-0.1, -0.05) is 54.1 Å². The fraction of sp³-hybridized carbons (Fsp3) is 0.182. The number of para-hydroxylation sites is 1. The van der Waals surface area contributed by atoms with Crippen LogP contribution < -0.4 is 10.6 Å². The Kier molecular flexibility index (Phi) is 7.05. The molecule has 0 spiro atoms. The highest BCUT2D eigenvalue weighted by atomic mass is 35.5. The van der Waals surface area contributed by atoms with Gasteiger partial charge in [0.05, 0.1) is 23.5 Å². The molecule has 6 nitrogen and oxygen atoms in total. The number of carbonyl (C=O) groups is 2. The minimum absolute atomic E-state index is 0.0609. The maximum atomic E-state index is 12.6. The number of amides is 2. The van der Waals surface area contributed by atoms with E-state index in [1.807, 2.05) is 47.8 Å². The van der Waals surface area contributed by atoms with Crippen LogP contribution in [0, 0.1) is 0 Å². The van der Waals surface area contributed by atoms with E-state index < -0.39 is 0 Å². The number of hydrogen-bond acceptors (Lipinski definition) is 3. The number of rotatable bonds is 8. The van der Waals surface area contributed by atoms with E-state index in [1.165, 1.54) is 4.90 Å². The van der Waals surface area contributed by atoms with Crippen LogP contribution in [0.25, 0.3) is 0 Å². The number of nitrogens with one attached hydrogen (secondary N) is 1. The van der Waals surface area contributed by atoms with Crippen LogP contribution in [-0.2, 0) is 9.59 Å². The standard InChI is InChI=1S/C22H22ClN3O3/c1-26(15-20(27)25-18-11-6-5-10-17(18)23)21(28)14-24-22(19-12-7-13-29-19)16-8-3-2-4-9-16/h2-13,22,24H,14-15H2,1H3,(H,25,27)/p+1/t22-/m0/s1. The van der Waals surface area contributed by atoms with E-state index in [4.69, 9.17) is 16.0 Å². The van der Waals surface area contributed by atoms with Crippen LogP contribution in [0.1, 0.15) is 17.4 Å². The Morgan fingerprint density at radius 2 is 1.79 bits per heavy atom. The van der Waals surface area contributed by atoms with Crippen molar-refractivity contribution in [3.8, 4) is 0 Å². The Morgan fingerprint density at radius 3 is 2.48 bits per heavy atom. The molecule has 0 aliphatic heterocycles. The number of nitrogens with zero attached hydrogens (tertiary/aromatic N) is 1. The zero-order valence-electron chi connectivity index (χ0n) is 16.0. The van der Waals surface area contributed by atoms with Crippen LogP contribution in [0.2, 0.25) is 5.02 Å². The van der Waals surface area contributed by atoms with Gasteiger partial charge in [-0.05, 0) is 24.3 Å². The first-order valence-corrected chi connectivity index (χ1v) is 9.62. The zero-order chi connectivity index (χ0) is 20.6. The Hall–Kier alpha value is -3.09. The van der Waals surface area contributed by atoms with Gasteiger partial charge in [0.15, 0.2) is 18.3 Å². The molecule has 7 heteroatoms. The zero-order valence-corrected chi connectivity index (χ0v) is 16.8. The first-order valence-electron chi connectivity index (χ1n) is 9.24. The molecule has 1 aromatic heterocycles. The summed E-state index contributed by atoms with van der Waals surface area (Å²) in [6.07, 6.45) is 1.62. The molecule has 29 heavy (non-hydrogen) atoms. The number of furan rings is 1. The van der Waals surface area contributed by atoms with Crippen LogP contribution in [0.15, 0.2) is 77.4 Å². The summed E-state index contributed by atoms with van der Waals surface area (Å²) in [5, 5.41) is 5.07. The van der Waals surface area contributed by atoms with E-state index in [1.54, 1.807) is 37.6 Å². The van der Waals surface area contributed by atoms with E-state index in [9.17, 15) is 9.59 Å². The Balaban J connectivity index is 1.57. The minimum atomic E-state index is -0.306. The molecule has 3 N–H and O–H groups in total. The Morgan fingerprint density at radius 1 is 1.07 bits per heavy atom. The van der Waals surface area contributed by atoms with Crippen LogP contribution in [0.5, 0.6) is 0 Å². The molecular formula is C22H23ClN3O3+. The van der Waals surface area contributed by atoms with Gasteiger partial charge >= 0.3 is 0 Å². The monoisotopic (exact) mass is 412 g/mol. The van der Waals surface area contributed by atoms with Crippen molar-refractivity contribution in [2.24, 2.45) is 0 Å². The van der Waals surface area contributed by atoms with Gasteiger partial charge in [0.25, 0.3) is 5.91 Å². The fourth-order valence-electron chi connectivity index (χ4n) is 2.98. The van der Waals surface area contributed by atoms with Crippen LogP contribution >= 0.6 is 11.6 Å². The van der Waals surface area contributed by atoms with Gasteiger partial charge in [-0.2, -0.15) is 0 Å². The lowest BCUT2D eigenvalue weighted by Gasteiger charge is -2.18. The largest absolute Gasteiger partial charge is 0.463 e. The van der Waals surface area contributed by atoms with Crippen LogP contribution in [0.4, 0.5) is 5.69 Å². The molecular weight excluding hydrogens is 390 g/mol. The molecule has 0 saturated carbocycles.